The second kappa shape index (κ2) is 5.46. The van der Waals surface area contributed by atoms with E-state index in [0.29, 0.717) is 10.6 Å². The summed E-state index contributed by atoms with van der Waals surface area (Å²) in [6.45, 7) is 0. The fraction of sp³-hybridized carbons (Fsp3) is 0.167. The van der Waals surface area contributed by atoms with Gasteiger partial charge in [0.05, 0.1) is 19.1 Å². The van der Waals surface area contributed by atoms with Crippen LogP contribution in [0.25, 0.3) is 11.3 Å². The number of hydrogen-bond donors (Lipinski definition) is 2. The van der Waals surface area contributed by atoms with Crippen LogP contribution in [0.5, 0.6) is 0 Å². The highest BCUT2D eigenvalue weighted by molar-refractivity contribution is 7.81. The lowest BCUT2D eigenvalue weighted by Crippen LogP contribution is -2.09. The van der Waals surface area contributed by atoms with Crippen LogP contribution in [0.2, 0.25) is 5.02 Å². The van der Waals surface area contributed by atoms with Gasteiger partial charge in [-0.25, -0.2) is 4.98 Å². The van der Waals surface area contributed by atoms with E-state index in [-0.39, 0.29) is 0 Å². The lowest BCUT2D eigenvalue weighted by atomic mass is 10.1. The zero-order valence-electron chi connectivity index (χ0n) is 9.55. The summed E-state index contributed by atoms with van der Waals surface area (Å²) in [5.41, 5.74) is 2.24. The first-order chi connectivity index (χ1) is 8.63. The summed E-state index contributed by atoms with van der Waals surface area (Å²) in [5.74, 6) is -0.445. The van der Waals surface area contributed by atoms with Crippen LogP contribution >= 0.6 is 24.2 Å². The number of halogens is 1. The molecular weight excluding hydrogens is 272 g/mol. The number of carbonyl (C=O) groups is 1. The van der Waals surface area contributed by atoms with Crippen molar-refractivity contribution in [2.45, 2.75) is 5.25 Å². The number of aromatic amines is 1. The van der Waals surface area contributed by atoms with Gasteiger partial charge in [0.25, 0.3) is 0 Å². The summed E-state index contributed by atoms with van der Waals surface area (Å²) >= 11 is 10.3. The molecule has 94 valence electrons. The van der Waals surface area contributed by atoms with E-state index in [9.17, 15) is 4.79 Å². The van der Waals surface area contributed by atoms with Crippen LogP contribution in [-0.4, -0.2) is 23.0 Å². The molecule has 1 unspecified atom stereocenters. The van der Waals surface area contributed by atoms with E-state index in [0.717, 1.165) is 11.3 Å². The zero-order chi connectivity index (χ0) is 13.1. The second-order valence-electron chi connectivity index (χ2n) is 3.62. The number of nitrogens with one attached hydrogen (secondary N) is 1. The molecule has 0 spiro atoms. The van der Waals surface area contributed by atoms with Crippen LogP contribution in [0.15, 0.2) is 30.7 Å². The molecule has 0 aliphatic heterocycles. The van der Waals surface area contributed by atoms with Crippen LogP contribution < -0.4 is 0 Å². The number of benzene rings is 1. The Labute approximate surface area is 115 Å². The molecule has 18 heavy (non-hydrogen) atoms. The SMILES string of the molecule is COC(=O)C(S)c1cc(-c2c[nH]cn2)ccc1Cl. The maximum atomic E-state index is 11.5. The van der Waals surface area contributed by atoms with Crippen molar-refractivity contribution in [1.82, 2.24) is 9.97 Å². The van der Waals surface area contributed by atoms with Gasteiger partial charge in [-0.15, -0.1) is 0 Å². The molecule has 6 heteroatoms. The fourth-order valence-corrected chi connectivity index (χ4v) is 2.19. The van der Waals surface area contributed by atoms with Crippen molar-refractivity contribution in [3.05, 3.63) is 41.3 Å². The highest BCUT2D eigenvalue weighted by atomic mass is 35.5. The van der Waals surface area contributed by atoms with Crippen LogP contribution in [0.1, 0.15) is 10.8 Å². The van der Waals surface area contributed by atoms with Gasteiger partial charge in [0, 0.05) is 16.8 Å². The predicted molar refractivity (Wildman–Crippen MR) is 72.8 cm³/mol. The Bertz CT molecular complexity index is 557. The van der Waals surface area contributed by atoms with Crippen molar-refractivity contribution in [2.24, 2.45) is 0 Å². The number of hydrogen-bond acceptors (Lipinski definition) is 4. The Morgan fingerprint density at radius 3 is 2.94 bits per heavy atom. The summed E-state index contributed by atoms with van der Waals surface area (Å²) in [5, 5.41) is -0.235. The Hall–Kier alpha value is -1.46. The van der Waals surface area contributed by atoms with Gasteiger partial charge in [-0.1, -0.05) is 17.7 Å². The third kappa shape index (κ3) is 2.52. The lowest BCUT2D eigenvalue weighted by molar-refractivity contribution is -0.140. The Morgan fingerprint density at radius 1 is 1.56 bits per heavy atom. The van der Waals surface area contributed by atoms with Gasteiger partial charge < -0.3 is 9.72 Å². The third-order valence-electron chi connectivity index (χ3n) is 2.51. The van der Waals surface area contributed by atoms with Crippen molar-refractivity contribution in [2.75, 3.05) is 7.11 Å². The minimum atomic E-state index is -0.707. The summed E-state index contributed by atoms with van der Waals surface area (Å²) in [7, 11) is 1.32. The molecule has 2 aromatic rings. The van der Waals surface area contributed by atoms with Crippen molar-refractivity contribution in [1.29, 1.82) is 0 Å². The molecular formula is C12H11ClN2O2S. The number of ether oxygens (including phenoxy) is 1. The van der Waals surface area contributed by atoms with Gasteiger partial charge in [-0.05, 0) is 17.7 Å². The van der Waals surface area contributed by atoms with Gasteiger partial charge in [0.2, 0.25) is 0 Å². The summed E-state index contributed by atoms with van der Waals surface area (Å²) in [4.78, 5) is 18.5. The molecule has 2 rings (SSSR count). The van der Waals surface area contributed by atoms with E-state index in [1.807, 2.05) is 6.07 Å². The first-order valence-electron chi connectivity index (χ1n) is 5.18. The van der Waals surface area contributed by atoms with Crippen LogP contribution in [-0.2, 0) is 9.53 Å². The number of thiol groups is 1. The summed E-state index contributed by atoms with van der Waals surface area (Å²) < 4.78 is 4.66. The van der Waals surface area contributed by atoms with Crippen molar-refractivity contribution in [3.8, 4) is 11.3 Å². The number of carbonyl (C=O) groups excluding carboxylic acids is 1. The summed E-state index contributed by atoms with van der Waals surface area (Å²) in [6, 6.07) is 5.33. The predicted octanol–water partition coefficient (Wildman–Crippen LogP) is 2.87. The molecule has 0 aliphatic rings. The van der Waals surface area contributed by atoms with Crippen molar-refractivity contribution < 1.29 is 9.53 Å². The number of esters is 1. The van der Waals surface area contributed by atoms with Crippen LogP contribution in [0.3, 0.4) is 0 Å². The van der Waals surface area contributed by atoms with E-state index >= 15 is 0 Å². The Kier molecular flexibility index (Phi) is 3.93. The molecule has 1 aromatic heterocycles. The van der Waals surface area contributed by atoms with E-state index in [4.69, 9.17) is 11.6 Å². The number of aromatic nitrogens is 2. The quantitative estimate of drug-likeness (QED) is 0.672. The minimum Gasteiger partial charge on any atom is -0.468 e. The molecule has 1 N–H and O–H groups in total. The van der Waals surface area contributed by atoms with Gasteiger partial charge in [-0.2, -0.15) is 12.6 Å². The number of nitrogens with zero attached hydrogens (tertiary/aromatic N) is 1. The van der Waals surface area contributed by atoms with E-state index in [1.54, 1.807) is 24.7 Å². The molecule has 0 fully saturated rings. The zero-order valence-corrected chi connectivity index (χ0v) is 11.2. The minimum absolute atomic E-state index is 0.445. The number of rotatable bonds is 3. The smallest absolute Gasteiger partial charge is 0.323 e. The topological polar surface area (TPSA) is 55.0 Å². The molecule has 0 bridgehead atoms. The average molecular weight is 283 g/mol. The maximum absolute atomic E-state index is 11.5. The number of methoxy groups -OCH3 is 1. The maximum Gasteiger partial charge on any atom is 0.323 e. The normalized spacial score (nSPS) is 12.2. The highest BCUT2D eigenvalue weighted by Gasteiger charge is 2.20. The average Bonchev–Trinajstić information content (AvgIpc) is 2.91. The molecule has 1 atom stereocenters. The van der Waals surface area contributed by atoms with Gasteiger partial charge in [0.15, 0.2) is 0 Å². The Morgan fingerprint density at radius 2 is 2.33 bits per heavy atom. The Balaban J connectivity index is 2.42. The molecule has 0 aliphatic carbocycles. The van der Waals surface area contributed by atoms with Crippen molar-refractivity contribution >= 4 is 30.2 Å². The standard InChI is InChI=1S/C12H11ClN2O2S/c1-17-12(16)11(18)8-4-7(2-3-9(8)13)10-5-14-6-15-10/h2-6,11,18H,1H3,(H,14,15). The highest BCUT2D eigenvalue weighted by Crippen LogP contribution is 2.32. The lowest BCUT2D eigenvalue weighted by Gasteiger charge is -2.11. The number of imidazole rings is 1. The number of H-pyrrole nitrogens is 1. The molecule has 0 radical (unpaired) electrons. The van der Waals surface area contributed by atoms with E-state index in [2.05, 4.69) is 27.3 Å². The van der Waals surface area contributed by atoms with Crippen molar-refractivity contribution in [3.63, 3.8) is 0 Å². The molecule has 1 heterocycles. The third-order valence-corrected chi connectivity index (χ3v) is 3.34. The van der Waals surface area contributed by atoms with Gasteiger partial charge in [0.1, 0.15) is 5.25 Å². The molecule has 0 saturated carbocycles. The fourth-order valence-electron chi connectivity index (χ4n) is 1.57. The molecule has 0 amide bonds. The van der Waals surface area contributed by atoms with E-state index in [1.165, 1.54) is 7.11 Å². The second-order valence-corrected chi connectivity index (χ2v) is 4.54. The molecule has 1 aromatic carbocycles. The van der Waals surface area contributed by atoms with Gasteiger partial charge >= 0.3 is 5.97 Å². The van der Waals surface area contributed by atoms with Gasteiger partial charge in [-0.3, -0.25) is 4.79 Å². The molecule has 0 saturated heterocycles. The first kappa shape index (κ1) is 13.0. The van der Waals surface area contributed by atoms with E-state index < -0.39 is 11.2 Å². The monoisotopic (exact) mass is 282 g/mol. The van der Waals surface area contributed by atoms with Crippen LogP contribution in [0, 0.1) is 0 Å². The summed E-state index contributed by atoms with van der Waals surface area (Å²) in [6.07, 6.45) is 3.35. The first-order valence-corrected chi connectivity index (χ1v) is 6.07. The largest absolute Gasteiger partial charge is 0.468 e. The van der Waals surface area contributed by atoms with Crippen LogP contribution in [0.4, 0.5) is 0 Å². The molecule has 4 nitrogen and oxygen atoms in total.